The molecule has 0 unspecified atom stereocenters. The number of aromatic nitrogens is 2. The van der Waals surface area contributed by atoms with E-state index in [-0.39, 0.29) is 18.0 Å². The molecule has 1 N–H and O–H groups in total. The van der Waals surface area contributed by atoms with Crippen LogP contribution in [0.3, 0.4) is 0 Å². The van der Waals surface area contributed by atoms with Crippen molar-refractivity contribution in [1.82, 2.24) is 9.13 Å². The molecule has 32 heavy (non-hydrogen) atoms. The second kappa shape index (κ2) is 9.01. The molecule has 0 saturated carbocycles. The van der Waals surface area contributed by atoms with Crippen LogP contribution in [-0.4, -0.2) is 29.3 Å². The molecule has 0 fully saturated rings. The van der Waals surface area contributed by atoms with Crippen LogP contribution in [0.4, 0.5) is 5.69 Å². The van der Waals surface area contributed by atoms with Crippen molar-refractivity contribution in [2.75, 3.05) is 19.5 Å². The van der Waals surface area contributed by atoms with Crippen LogP contribution in [0.25, 0.3) is 10.9 Å². The molecule has 0 radical (unpaired) electrons. The Labute approximate surface area is 185 Å². The van der Waals surface area contributed by atoms with E-state index >= 15 is 0 Å². The van der Waals surface area contributed by atoms with E-state index in [9.17, 15) is 9.59 Å². The van der Waals surface area contributed by atoms with E-state index in [0.29, 0.717) is 29.2 Å². The van der Waals surface area contributed by atoms with Crippen LogP contribution in [-0.2, 0) is 17.9 Å². The minimum Gasteiger partial charge on any atom is -0.497 e. The molecule has 0 spiro atoms. The molecule has 2 aromatic heterocycles. The number of amides is 1. The van der Waals surface area contributed by atoms with Crippen molar-refractivity contribution < 1.29 is 14.3 Å². The van der Waals surface area contributed by atoms with E-state index in [0.717, 1.165) is 10.9 Å². The number of carbonyl (C=O) groups is 1. The number of fused-ring (bicyclic) bond motifs is 1. The van der Waals surface area contributed by atoms with E-state index in [1.807, 2.05) is 48.0 Å². The van der Waals surface area contributed by atoms with Crippen LogP contribution in [0.2, 0.25) is 0 Å². The molecule has 7 heteroatoms. The van der Waals surface area contributed by atoms with E-state index in [2.05, 4.69) is 11.4 Å². The lowest BCUT2D eigenvalue weighted by molar-refractivity contribution is -0.116. The molecule has 4 aromatic rings. The van der Waals surface area contributed by atoms with Crippen molar-refractivity contribution in [2.45, 2.75) is 20.0 Å². The Kier molecular flexibility index (Phi) is 5.98. The lowest BCUT2D eigenvalue weighted by Gasteiger charge is -2.13. The lowest BCUT2D eigenvalue weighted by Crippen LogP contribution is -2.28. The number of aryl methyl sites for hydroxylation is 1. The third-order valence-electron chi connectivity index (χ3n) is 5.32. The highest BCUT2D eigenvalue weighted by Crippen LogP contribution is 2.28. The van der Waals surface area contributed by atoms with Crippen molar-refractivity contribution in [1.29, 1.82) is 0 Å². The van der Waals surface area contributed by atoms with Gasteiger partial charge in [-0.25, -0.2) is 0 Å². The van der Waals surface area contributed by atoms with Gasteiger partial charge in [-0.3, -0.25) is 9.59 Å². The Morgan fingerprint density at radius 3 is 2.47 bits per heavy atom. The van der Waals surface area contributed by atoms with Gasteiger partial charge in [0.25, 0.3) is 5.56 Å². The van der Waals surface area contributed by atoms with Crippen molar-refractivity contribution in [3.05, 3.63) is 88.5 Å². The van der Waals surface area contributed by atoms with E-state index in [4.69, 9.17) is 9.47 Å². The number of ether oxygens (including phenoxy) is 2. The van der Waals surface area contributed by atoms with E-state index in [1.165, 1.54) is 17.2 Å². The summed E-state index contributed by atoms with van der Waals surface area (Å²) < 4.78 is 13.9. The Bertz CT molecular complexity index is 1340. The van der Waals surface area contributed by atoms with Crippen molar-refractivity contribution >= 4 is 22.5 Å². The fourth-order valence-corrected chi connectivity index (χ4v) is 3.76. The monoisotopic (exact) mass is 431 g/mol. The second-order valence-corrected chi connectivity index (χ2v) is 7.60. The van der Waals surface area contributed by atoms with Gasteiger partial charge >= 0.3 is 0 Å². The number of methoxy groups -OCH3 is 2. The summed E-state index contributed by atoms with van der Waals surface area (Å²) in [4.78, 5) is 25.9. The average molecular weight is 431 g/mol. The molecule has 0 saturated heterocycles. The molecule has 2 aromatic carbocycles. The molecule has 0 bridgehead atoms. The minimum atomic E-state index is -0.338. The maximum Gasteiger partial charge on any atom is 0.275 e. The first-order valence-corrected chi connectivity index (χ1v) is 10.2. The summed E-state index contributed by atoms with van der Waals surface area (Å²) in [6, 6.07) is 17.1. The number of anilines is 1. The van der Waals surface area contributed by atoms with Gasteiger partial charge in [-0.15, -0.1) is 0 Å². The summed E-state index contributed by atoms with van der Waals surface area (Å²) in [6.45, 7) is 2.50. The Hall–Kier alpha value is -4.00. The lowest BCUT2D eigenvalue weighted by atomic mass is 10.1. The number of pyridine rings is 1. The molecule has 0 aliphatic rings. The summed E-state index contributed by atoms with van der Waals surface area (Å²) in [6.07, 6.45) is 3.55. The van der Waals surface area contributed by atoms with Gasteiger partial charge in [0.05, 0.1) is 19.9 Å². The summed E-state index contributed by atoms with van der Waals surface area (Å²) in [7, 11) is 3.08. The zero-order valence-electron chi connectivity index (χ0n) is 18.3. The van der Waals surface area contributed by atoms with Crippen LogP contribution in [0, 0.1) is 6.92 Å². The molecule has 0 atom stereocenters. The molecule has 2 heterocycles. The highest BCUT2D eigenvalue weighted by atomic mass is 16.5. The fraction of sp³-hybridized carbons (Fsp3) is 0.200. The quantitative estimate of drug-likeness (QED) is 0.483. The fourth-order valence-electron chi connectivity index (χ4n) is 3.76. The summed E-state index contributed by atoms with van der Waals surface area (Å²) >= 11 is 0. The summed E-state index contributed by atoms with van der Waals surface area (Å²) in [5, 5.41) is 3.65. The SMILES string of the molecule is COc1ccc(OC)c(NC(=O)Cn2ccc3ccn(Cc4cccc(C)c4)c3c2=O)c1. The van der Waals surface area contributed by atoms with Gasteiger partial charge in [0.2, 0.25) is 5.91 Å². The van der Waals surface area contributed by atoms with Gasteiger partial charge in [0.1, 0.15) is 23.6 Å². The number of carbonyl (C=O) groups excluding carboxylic acids is 1. The molecular formula is C25H25N3O4. The number of benzene rings is 2. The van der Waals surface area contributed by atoms with Crippen molar-refractivity contribution in [2.24, 2.45) is 0 Å². The van der Waals surface area contributed by atoms with Gasteiger partial charge in [0, 0.05) is 30.4 Å². The summed E-state index contributed by atoms with van der Waals surface area (Å²) in [5.41, 5.74) is 3.11. The highest BCUT2D eigenvalue weighted by molar-refractivity contribution is 5.92. The number of nitrogens with one attached hydrogen (secondary N) is 1. The molecule has 1 amide bonds. The molecule has 7 nitrogen and oxygen atoms in total. The average Bonchev–Trinajstić information content (AvgIpc) is 3.19. The smallest absolute Gasteiger partial charge is 0.275 e. The third kappa shape index (κ3) is 4.37. The zero-order valence-corrected chi connectivity index (χ0v) is 18.3. The molecular weight excluding hydrogens is 406 g/mol. The normalized spacial score (nSPS) is 10.8. The maximum absolute atomic E-state index is 13.2. The van der Waals surface area contributed by atoms with E-state index < -0.39 is 0 Å². The number of hydrogen-bond acceptors (Lipinski definition) is 4. The third-order valence-corrected chi connectivity index (χ3v) is 5.32. The Morgan fingerprint density at radius 1 is 0.969 bits per heavy atom. The largest absolute Gasteiger partial charge is 0.497 e. The van der Waals surface area contributed by atoms with Gasteiger partial charge in [-0.1, -0.05) is 29.8 Å². The van der Waals surface area contributed by atoms with Crippen LogP contribution >= 0.6 is 0 Å². The van der Waals surface area contributed by atoms with Crippen LogP contribution in [0.1, 0.15) is 11.1 Å². The van der Waals surface area contributed by atoms with Gasteiger partial charge in [-0.05, 0) is 36.8 Å². The maximum atomic E-state index is 13.2. The van der Waals surface area contributed by atoms with Gasteiger partial charge in [0.15, 0.2) is 0 Å². The van der Waals surface area contributed by atoms with Gasteiger partial charge in [-0.2, -0.15) is 0 Å². The second-order valence-electron chi connectivity index (χ2n) is 7.60. The first-order valence-electron chi connectivity index (χ1n) is 10.2. The predicted octanol–water partition coefficient (Wildman–Crippen LogP) is 3.82. The molecule has 4 rings (SSSR count). The molecule has 164 valence electrons. The Morgan fingerprint density at radius 2 is 1.75 bits per heavy atom. The van der Waals surface area contributed by atoms with Crippen LogP contribution in [0.5, 0.6) is 11.5 Å². The standard InChI is InChI=1S/C25H25N3O4/c1-17-5-4-6-18(13-17)15-27-11-9-19-10-12-28(25(30)24(19)27)16-23(29)26-21-14-20(31-2)7-8-22(21)32-3/h4-14H,15-16H2,1-3H3,(H,26,29). The highest BCUT2D eigenvalue weighted by Gasteiger charge is 2.13. The van der Waals surface area contributed by atoms with Crippen LogP contribution in [0.15, 0.2) is 71.8 Å². The van der Waals surface area contributed by atoms with Gasteiger partial charge < -0.3 is 23.9 Å². The first kappa shape index (κ1) is 21.2. The van der Waals surface area contributed by atoms with Crippen LogP contribution < -0.4 is 20.3 Å². The summed E-state index contributed by atoms with van der Waals surface area (Å²) in [5.74, 6) is 0.762. The number of rotatable bonds is 7. The molecule has 0 aliphatic carbocycles. The minimum absolute atomic E-state index is 0.120. The number of nitrogens with zero attached hydrogens (tertiary/aromatic N) is 2. The van der Waals surface area contributed by atoms with Crippen molar-refractivity contribution in [3.8, 4) is 11.5 Å². The Balaban J connectivity index is 1.59. The first-order chi connectivity index (χ1) is 15.5. The zero-order chi connectivity index (χ0) is 22.7. The topological polar surface area (TPSA) is 74.5 Å². The van der Waals surface area contributed by atoms with E-state index in [1.54, 1.807) is 31.5 Å². The van der Waals surface area contributed by atoms with Crippen molar-refractivity contribution in [3.63, 3.8) is 0 Å². The number of hydrogen-bond donors (Lipinski definition) is 1. The molecule has 0 aliphatic heterocycles. The predicted molar refractivity (Wildman–Crippen MR) is 125 cm³/mol.